The van der Waals surface area contributed by atoms with Crippen LogP contribution in [0.2, 0.25) is 0 Å². The zero-order chi connectivity index (χ0) is 15.9. The van der Waals surface area contributed by atoms with E-state index in [0.29, 0.717) is 12.0 Å². The number of H-pyrrole nitrogens is 1. The average Bonchev–Trinajstić information content (AvgIpc) is 3.21. The second kappa shape index (κ2) is 5.70. The average molecular weight is 322 g/mol. The van der Waals surface area contributed by atoms with Gasteiger partial charge in [0, 0.05) is 17.1 Å². The van der Waals surface area contributed by atoms with Crippen LogP contribution in [0.15, 0.2) is 30.5 Å². The van der Waals surface area contributed by atoms with E-state index in [2.05, 4.69) is 55.9 Å². The zero-order valence-electron chi connectivity index (χ0n) is 13.7. The van der Waals surface area contributed by atoms with Crippen LogP contribution in [0.4, 0.5) is 0 Å². The summed E-state index contributed by atoms with van der Waals surface area (Å²) in [5.41, 5.74) is 2.73. The van der Waals surface area contributed by atoms with E-state index in [1.54, 1.807) is 0 Å². The summed E-state index contributed by atoms with van der Waals surface area (Å²) in [5.74, 6) is 1.68. The highest BCUT2D eigenvalue weighted by Gasteiger charge is 2.29. The molecule has 3 heterocycles. The molecule has 24 heavy (non-hydrogen) atoms. The summed E-state index contributed by atoms with van der Waals surface area (Å²) in [6, 6.07) is 9.17. The number of piperidine rings is 1. The van der Waals surface area contributed by atoms with Gasteiger partial charge in [-0.1, -0.05) is 18.2 Å². The first-order valence-electron chi connectivity index (χ1n) is 8.93. The zero-order valence-corrected chi connectivity index (χ0v) is 13.7. The van der Waals surface area contributed by atoms with Gasteiger partial charge in [0.25, 0.3) is 0 Å². The molecule has 1 aliphatic heterocycles. The van der Waals surface area contributed by atoms with Gasteiger partial charge in [-0.05, 0) is 66.7 Å². The maximum Gasteiger partial charge on any atom is 0.165 e. The molecule has 2 aromatic heterocycles. The smallest absolute Gasteiger partial charge is 0.165 e. The minimum atomic E-state index is 0.554. The van der Waals surface area contributed by atoms with Crippen molar-refractivity contribution < 1.29 is 0 Å². The van der Waals surface area contributed by atoms with Crippen molar-refractivity contribution in [3.05, 3.63) is 41.9 Å². The predicted octanol–water partition coefficient (Wildman–Crippen LogP) is 2.87. The van der Waals surface area contributed by atoms with Crippen LogP contribution < -0.4 is 0 Å². The number of rotatable bonds is 4. The van der Waals surface area contributed by atoms with Crippen LogP contribution in [0.3, 0.4) is 0 Å². The van der Waals surface area contributed by atoms with Gasteiger partial charge >= 0.3 is 0 Å². The number of para-hydroxylation sites is 1. The van der Waals surface area contributed by atoms with Crippen LogP contribution in [0.1, 0.15) is 49.0 Å². The van der Waals surface area contributed by atoms with Gasteiger partial charge in [-0.3, -0.25) is 4.90 Å². The van der Waals surface area contributed by atoms with Gasteiger partial charge in [0.1, 0.15) is 0 Å². The highest BCUT2D eigenvalue weighted by Crippen LogP contribution is 2.36. The van der Waals surface area contributed by atoms with Gasteiger partial charge in [0.15, 0.2) is 5.82 Å². The van der Waals surface area contributed by atoms with Gasteiger partial charge in [-0.2, -0.15) is 0 Å². The molecule has 2 aliphatic rings. The molecule has 1 saturated carbocycles. The Hall–Kier alpha value is -2.21. The van der Waals surface area contributed by atoms with E-state index in [9.17, 15) is 0 Å². The predicted molar refractivity (Wildman–Crippen MR) is 91.6 cm³/mol. The number of tetrazole rings is 1. The summed E-state index contributed by atoms with van der Waals surface area (Å²) in [6.07, 6.45) is 7.06. The minimum Gasteiger partial charge on any atom is -0.361 e. The Bertz CT molecular complexity index is 838. The van der Waals surface area contributed by atoms with E-state index in [-0.39, 0.29) is 0 Å². The summed E-state index contributed by atoms with van der Waals surface area (Å²) in [6.45, 7) is 3.10. The summed E-state index contributed by atoms with van der Waals surface area (Å²) < 4.78 is 2.03. The van der Waals surface area contributed by atoms with Gasteiger partial charge in [-0.15, -0.1) is 5.10 Å². The molecule has 6 nitrogen and oxygen atoms in total. The van der Waals surface area contributed by atoms with Crippen molar-refractivity contribution in [3.8, 4) is 0 Å². The van der Waals surface area contributed by atoms with Crippen LogP contribution in [0.25, 0.3) is 10.9 Å². The lowest BCUT2D eigenvalue weighted by molar-refractivity contribution is 0.197. The second-order valence-electron chi connectivity index (χ2n) is 7.11. The normalized spacial score (nSPS) is 20.0. The van der Waals surface area contributed by atoms with Crippen molar-refractivity contribution >= 4 is 10.9 Å². The fraction of sp³-hybridized carbons (Fsp3) is 0.500. The van der Waals surface area contributed by atoms with E-state index < -0.39 is 0 Å². The van der Waals surface area contributed by atoms with E-state index in [4.69, 9.17) is 0 Å². The van der Waals surface area contributed by atoms with Crippen LogP contribution in [0, 0.1) is 0 Å². The molecule has 5 rings (SSSR count). The van der Waals surface area contributed by atoms with Gasteiger partial charge in [0.2, 0.25) is 0 Å². The first-order chi connectivity index (χ1) is 11.9. The standard InChI is InChI=1S/C18H22N6/c1-2-4-17-15(3-1)16(11-19-17)13-7-9-23(10-8-13)12-18-20-21-22-24(18)14-5-6-14/h1-4,11,13-14,19H,5-10,12H2. The molecule has 1 saturated heterocycles. The lowest BCUT2D eigenvalue weighted by Gasteiger charge is -2.31. The molecule has 6 heteroatoms. The summed E-state index contributed by atoms with van der Waals surface area (Å²) in [5, 5.41) is 13.6. The molecule has 0 amide bonds. The van der Waals surface area contributed by atoms with Gasteiger partial charge < -0.3 is 4.98 Å². The Balaban J connectivity index is 1.26. The third kappa shape index (κ3) is 2.51. The molecule has 1 N–H and O–H groups in total. The van der Waals surface area contributed by atoms with Crippen LogP contribution >= 0.6 is 0 Å². The molecule has 0 unspecified atom stereocenters. The topological polar surface area (TPSA) is 62.6 Å². The highest BCUT2D eigenvalue weighted by atomic mass is 15.6. The molecule has 0 radical (unpaired) electrons. The van der Waals surface area contributed by atoms with Crippen LogP contribution in [-0.4, -0.2) is 43.2 Å². The number of aromatic amines is 1. The van der Waals surface area contributed by atoms with Crippen molar-refractivity contribution in [3.63, 3.8) is 0 Å². The van der Waals surface area contributed by atoms with Crippen LogP contribution in [-0.2, 0) is 6.54 Å². The quantitative estimate of drug-likeness (QED) is 0.802. The van der Waals surface area contributed by atoms with E-state index in [1.807, 2.05) is 4.68 Å². The molecule has 124 valence electrons. The van der Waals surface area contributed by atoms with E-state index in [0.717, 1.165) is 25.5 Å². The van der Waals surface area contributed by atoms with Crippen molar-refractivity contribution in [1.29, 1.82) is 0 Å². The maximum atomic E-state index is 4.24. The van der Waals surface area contributed by atoms with Crippen molar-refractivity contribution in [2.45, 2.75) is 44.2 Å². The van der Waals surface area contributed by atoms with Crippen LogP contribution in [0.5, 0.6) is 0 Å². The van der Waals surface area contributed by atoms with Gasteiger partial charge in [-0.25, -0.2) is 4.68 Å². The van der Waals surface area contributed by atoms with Crippen molar-refractivity contribution in [2.75, 3.05) is 13.1 Å². The molecule has 0 bridgehead atoms. The second-order valence-corrected chi connectivity index (χ2v) is 7.11. The first-order valence-corrected chi connectivity index (χ1v) is 8.93. The Morgan fingerprint density at radius 2 is 1.92 bits per heavy atom. The van der Waals surface area contributed by atoms with Crippen molar-refractivity contribution in [2.24, 2.45) is 0 Å². The molecular formula is C18H22N6. The number of aromatic nitrogens is 5. The lowest BCUT2D eigenvalue weighted by Crippen LogP contribution is -2.33. The number of hydrogen-bond acceptors (Lipinski definition) is 4. The maximum absolute atomic E-state index is 4.24. The minimum absolute atomic E-state index is 0.554. The number of benzene rings is 1. The summed E-state index contributed by atoms with van der Waals surface area (Å²) in [4.78, 5) is 5.91. The van der Waals surface area contributed by atoms with Crippen molar-refractivity contribution in [1.82, 2.24) is 30.1 Å². The van der Waals surface area contributed by atoms with Gasteiger partial charge in [0.05, 0.1) is 12.6 Å². The Labute approximate surface area is 140 Å². The van der Waals surface area contributed by atoms with E-state index in [1.165, 1.54) is 42.1 Å². The lowest BCUT2D eigenvalue weighted by atomic mass is 9.89. The number of hydrogen-bond donors (Lipinski definition) is 1. The first kappa shape index (κ1) is 14.2. The number of fused-ring (bicyclic) bond motifs is 1. The molecule has 3 aromatic rings. The Morgan fingerprint density at radius 3 is 2.75 bits per heavy atom. The molecular weight excluding hydrogens is 300 g/mol. The molecule has 2 fully saturated rings. The molecule has 1 aliphatic carbocycles. The highest BCUT2D eigenvalue weighted by molar-refractivity contribution is 5.83. The summed E-state index contributed by atoms with van der Waals surface area (Å²) in [7, 11) is 0. The largest absolute Gasteiger partial charge is 0.361 e. The third-order valence-corrected chi connectivity index (χ3v) is 5.47. The molecule has 1 aromatic carbocycles. The number of likely N-dealkylation sites (tertiary alicyclic amines) is 1. The fourth-order valence-electron chi connectivity index (χ4n) is 3.95. The Kier molecular flexibility index (Phi) is 3.36. The Morgan fingerprint density at radius 1 is 1.08 bits per heavy atom. The molecule has 0 spiro atoms. The summed E-state index contributed by atoms with van der Waals surface area (Å²) >= 11 is 0. The van der Waals surface area contributed by atoms with E-state index >= 15 is 0 Å². The molecule has 0 atom stereocenters. The third-order valence-electron chi connectivity index (χ3n) is 5.47. The fourth-order valence-corrected chi connectivity index (χ4v) is 3.95. The monoisotopic (exact) mass is 322 g/mol. The SMILES string of the molecule is c1ccc2c(C3CCN(Cc4nnnn4C4CC4)CC3)c[nH]c2c1. The number of nitrogens with zero attached hydrogens (tertiary/aromatic N) is 5. The number of nitrogens with one attached hydrogen (secondary N) is 1.